The highest BCUT2D eigenvalue weighted by atomic mass is 32.2. The summed E-state index contributed by atoms with van der Waals surface area (Å²) in [6.07, 6.45) is 3.44. The van der Waals surface area contributed by atoms with Gasteiger partial charge in [-0.2, -0.15) is 0 Å². The van der Waals surface area contributed by atoms with Crippen LogP contribution in [0.2, 0.25) is 0 Å². The SMILES string of the molecule is NC(=O)CN1C(=O)S/C(=C\c2cn(Cc3ccccc3F)c3ccccc23)C1=O. The summed E-state index contributed by atoms with van der Waals surface area (Å²) in [6.45, 7) is -0.124. The Bertz CT molecular complexity index is 1180. The number of thioether (sulfide) groups is 1. The van der Waals surface area contributed by atoms with Gasteiger partial charge in [0.05, 0.1) is 11.4 Å². The van der Waals surface area contributed by atoms with Crippen molar-refractivity contribution in [3.63, 3.8) is 0 Å². The standard InChI is InChI=1S/C21H16FN3O3S/c22-16-7-3-1-5-13(16)10-24-11-14(15-6-2-4-8-17(15)24)9-18-20(27)25(12-19(23)26)21(28)29-18/h1-9,11H,10,12H2,(H2,23,26)/b18-9-. The van der Waals surface area contributed by atoms with Gasteiger partial charge in [-0.3, -0.25) is 19.3 Å². The second-order valence-corrected chi connectivity index (χ2v) is 7.55. The minimum Gasteiger partial charge on any atom is -0.368 e. The van der Waals surface area contributed by atoms with Crippen molar-refractivity contribution >= 4 is 45.8 Å². The van der Waals surface area contributed by atoms with Crippen LogP contribution in [0, 0.1) is 5.82 Å². The zero-order valence-corrected chi connectivity index (χ0v) is 16.0. The van der Waals surface area contributed by atoms with E-state index in [0.717, 1.165) is 33.1 Å². The molecule has 1 aliphatic rings. The molecule has 2 aromatic carbocycles. The molecule has 0 radical (unpaired) electrons. The topological polar surface area (TPSA) is 85.4 Å². The van der Waals surface area contributed by atoms with Gasteiger partial charge in [0.1, 0.15) is 12.4 Å². The van der Waals surface area contributed by atoms with Gasteiger partial charge in [0.25, 0.3) is 11.1 Å². The molecule has 2 N–H and O–H groups in total. The maximum Gasteiger partial charge on any atom is 0.294 e. The van der Waals surface area contributed by atoms with Crippen molar-refractivity contribution in [1.82, 2.24) is 9.47 Å². The summed E-state index contributed by atoms with van der Waals surface area (Å²) < 4.78 is 16.0. The highest BCUT2D eigenvalue weighted by Gasteiger charge is 2.36. The van der Waals surface area contributed by atoms with Crippen LogP contribution in [0.4, 0.5) is 9.18 Å². The van der Waals surface area contributed by atoms with Gasteiger partial charge >= 0.3 is 0 Å². The summed E-state index contributed by atoms with van der Waals surface area (Å²) in [7, 11) is 0. The van der Waals surface area contributed by atoms with E-state index >= 15 is 0 Å². The van der Waals surface area contributed by atoms with Crippen molar-refractivity contribution in [2.24, 2.45) is 5.73 Å². The summed E-state index contributed by atoms with van der Waals surface area (Å²) in [6, 6.07) is 14.1. The Labute approximate surface area is 169 Å². The maximum absolute atomic E-state index is 14.1. The summed E-state index contributed by atoms with van der Waals surface area (Å²) in [4.78, 5) is 36.7. The second-order valence-electron chi connectivity index (χ2n) is 6.56. The van der Waals surface area contributed by atoms with Gasteiger partial charge in [0.2, 0.25) is 5.91 Å². The monoisotopic (exact) mass is 409 g/mol. The molecule has 8 heteroatoms. The van der Waals surface area contributed by atoms with Crippen LogP contribution in [0.3, 0.4) is 0 Å². The zero-order valence-electron chi connectivity index (χ0n) is 15.2. The highest BCUT2D eigenvalue weighted by molar-refractivity contribution is 8.18. The maximum atomic E-state index is 14.1. The number of nitrogens with zero attached hydrogens (tertiary/aromatic N) is 2. The fourth-order valence-corrected chi connectivity index (χ4v) is 4.09. The largest absolute Gasteiger partial charge is 0.368 e. The van der Waals surface area contributed by atoms with E-state index in [2.05, 4.69) is 0 Å². The number of carbonyl (C=O) groups is 3. The Morgan fingerprint density at radius 2 is 1.83 bits per heavy atom. The molecule has 3 aromatic rings. The van der Waals surface area contributed by atoms with Crippen LogP contribution in [0.5, 0.6) is 0 Å². The van der Waals surface area contributed by atoms with Crippen LogP contribution in [0.25, 0.3) is 17.0 Å². The fourth-order valence-electron chi connectivity index (χ4n) is 3.26. The van der Waals surface area contributed by atoms with Gasteiger partial charge in [0.15, 0.2) is 0 Å². The van der Waals surface area contributed by atoms with Crippen molar-refractivity contribution in [1.29, 1.82) is 0 Å². The number of carbonyl (C=O) groups excluding carboxylic acids is 3. The van der Waals surface area contributed by atoms with Gasteiger partial charge in [-0.05, 0) is 30.0 Å². The average molecular weight is 409 g/mol. The van der Waals surface area contributed by atoms with Gasteiger partial charge in [-0.1, -0.05) is 36.4 Å². The molecule has 29 heavy (non-hydrogen) atoms. The number of hydrogen-bond donors (Lipinski definition) is 1. The number of benzene rings is 2. The average Bonchev–Trinajstić information content (AvgIpc) is 3.16. The lowest BCUT2D eigenvalue weighted by molar-refractivity contribution is -0.127. The van der Waals surface area contributed by atoms with Crippen LogP contribution in [-0.2, 0) is 16.1 Å². The minimum atomic E-state index is -0.755. The van der Waals surface area contributed by atoms with Crippen LogP contribution >= 0.6 is 11.8 Å². The predicted molar refractivity (Wildman–Crippen MR) is 109 cm³/mol. The Balaban J connectivity index is 1.73. The molecule has 1 aromatic heterocycles. The number of rotatable bonds is 5. The number of primary amides is 1. The molecule has 6 nitrogen and oxygen atoms in total. The molecular formula is C21H16FN3O3S. The van der Waals surface area contributed by atoms with E-state index in [4.69, 9.17) is 5.73 Å². The molecule has 1 saturated heterocycles. The van der Waals surface area contributed by atoms with Gasteiger partial charge in [-0.15, -0.1) is 0 Å². The number of fused-ring (bicyclic) bond motifs is 1. The third-order valence-electron chi connectivity index (χ3n) is 4.59. The molecule has 0 spiro atoms. The number of nitrogens with two attached hydrogens (primary N) is 1. The molecule has 1 aliphatic heterocycles. The molecule has 2 heterocycles. The third kappa shape index (κ3) is 3.66. The first-order valence-corrected chi connectivity index (χ1v) is 9.60. The molecule has 0 saturated carbocycles. The number of halogens is 1. The van der Waals surface area contributed by atoms with E-state index in [0.29, 0.717) is 12.1 Å². The number of amides is 3. The van der Waals surface area contributed by atoms with Crippen molar-refractivity contribution < 1.29 is 18.8 Å². The molecular weight excluding hydrogens is 393 g/mol. The lowest BCUT2D eigenvalue weighted by Gasteiger charge is -2.08. The summed E-state index contributed by atoms with van der Waals surface area (Å²) in [5, 5.41) is 0.334. The summed E-state index contributed by atoms with van der Waals surface area (Å²) >= 11 is 0.764. The van der Waals surface area contributed by atoms with E-state index in [-0.39, 0.29) is 10.7 Å². The molecule has 146 valence electrons. The lowest BCUT2D eigenvalue weighted by atomic mass is 10.1. The quantitative estimate of drug-likeness (QED) is 0.655. The van der Waals surface area contributed by atoms with Crippen molar-refractivity contribution in [2.45, 2.75) is 6.54 Å². The number of hydrogen-bond acceptors (Lipinski definition) is 4. The first-order chi connectivity index (χ1) is 13.9. The second kappa shape index (κ2) is 7.56. The Kier molecular flexibility index (Phi) is 4.94. The Morgan fingerprint density at radius 1 is 1.10 bits per heavy atom. The van der Waals surface area contributed by atoms with E-state index in [1.165, 1.54) is 6.07 Å². The van der Waals surface area contributed by atoms with Crippen LogP contribution in [0.15, 0.2) is 59.6 Å². The molecule has 0 atom stereocenters. The molecule has 0 unspecified atom stereocenters. The van der Waals surface area contributed by atoms with Crippen molar-refractivity contribution in [3.8, 4) is 0 Å². The van der Waals surface area contributed by atoms with Crippen LogP contribution in [-0.4, -0.2) is 33.1 Å². The third-order valence-corrected chi connectivity index (χ3v) is 5.50. The fraction of sp³-hybridized carbons (Fsp3) is 0.0952. The van der Waals surface area contributed by atoms with Crippen molar-refractivity contribution in [2.75, 3.05) is 6.54 Å². The zero-order chi connectivity index (χ0) is 20.5. The Hall–Kier alpha value is -3.39. The molecule has 0 bridgehead atoms. The lowest BCUT2D eigenvalue weighted by Crippen LogP contribution is -2.36. The smallest absolute Gasteiger partial charge is 0.294 e. The highest BCUT2D eigenvalue weighted by Crippen LogP contribution is 2.34. The van der Waals surface area contributed by atoms with Crippen LogP contribution in [0.1, 0.15) is 11.1 Å². The first-order valence-electron chi connectivity index (χ1n) is 8.79. The van der Waals surface area contributed by atoms with E-state index in [9.17, 15) is 18.8 Å². The first kappa shape index (κ1) is 18.9. The van der Waals surface area contributed by atoms with Crippen molar-refractivity contribution in [3.05, 3.63) is 76.6 Å². The number of para-hydroxylation sites is 1. The normalized spacial score (nSPS) is 15.6. The van der Waals surface area contributed by atoms with Gasteiger partial charge in [-0.25, -0.2) is 4.39 Å². The van der Waals surface area contributed by atoms with Gasteiger partial charge in [0, 0.05) is 28.2 Å². The number of aromatic nitrogens is 1. The molecule has 0 aliphatic carbocycles. The predicted octanol–water partition coefficient (Wildman–Crippen LogP) is 3.35. The summed E-state index contributed by atoms with van der Waals surface area (Å²) in [5.74, 6) is -1.60. The molecule has 4 rings (SSSR count). The van der Waals surface area contributed by atoms with E-state index < -0.39 is 23.6 Å². The van der Waals surface area contributed by atoms with E-state index in [1.807, 2.05) is 35.0 Å². The Morgan fingerprint density at radius 3 is 2.59 bits per heavy atom. The molecule has 1 fully saturated rings. The van der Waals surface area contributed by atoms with E-state index in [1.54, 1.807) is 24.3 Å². The van der Waals surface area contributed by atoms with Crippen LogP contribution < -0.4 is 5.73 Å². The minimum absolute atomic E-state index is 0.213. The van der Waals surface area contributed by atoms with Gasteiger partial charge < -0.3 is 10.3 Å². The molecule has 3 amide bonds. The number of imide groups is 1. The summed E-state index contributed by atoms with van der Waals surface area (Å²) in [5.41, 5.74) is 7.25.